The number of nitrogens with zero attached hydrogens (tertiary/aromatic N) is 5. The van der Waals surface area contributed by atoms with Crippen molar-refractivity contribution in [3.05, 3.63) is 167 Å². The van der Waals surface area contributed by atoms with Crippen molar-refractivity contribution in [3.8, 4) is 33.8 Å². The number of nitrogens with one attached hydrogen (secondary N) is 2. The van der Waals surface area contributed by atoms with E-state index >= 15 is 0 Å². The summed E-state index contributed by atoms with van der Waals surface area (Å²) < 4.78 is 3.19. The highest BCUT2D eigenvalue weighted by Gasteiger charge is 2.27. The minimum absolute atomic E-state index is 0.178. The molecular weight excluding hydrogens is 619 g/mol. The van der Waals surface area contributed by atoms with Gasteiger partial charge in [-0.1, -0.05) is 126 Å². The van der Waals surface area contributed by atoms with Gasteiger partial charge in [0.2, 0.25) is 9.81 Å². The van der Waals surface area contributed by atoms with Crippen LogP contribution in [0.15, 0.2) is 151 Å². The lowest BCUT2D eigenvalue weighted by Gasteiger charge is -2.09. The Morgan fingerprint density at radius 3 is 1.81 bits per heavy atom. The van der Waals surface area contributed by atoms with Crippen molar-refractivity contribution in [3.63, 3.8) is 0 Å². The van der Waals surface area contributed by atoms with E-state index in [1.807, 2.05) is 140 Å². The third kappa shape index (κ3) is 6.33. The van der Waals surface area contributed by atoms with E-state index in [0.717, 1.165) is 33.7 Å². The molecule has 0 spiro atoms. The molecule has 0 aliphatic carbocycles. The summed E-state index contributed by atoms with van der Waals surface area (Å²) in [5, 5.41) is 17.2. The van der Waals surface area contributed by atoms with Gasteiger partial charge in [-0.3, -0.25) is 9.59 Å². The normalized spacial score (nSPS) is 11.3. The smallest absolute Gasteiger partial charge is 0.290 e. The molecule has 2 aromatic heterocycles. The number of aryl methyl sites for hydroxylation is 1. The summed E-state index contributed by atoms with van der Waals surface area (Å²) in [6, 6.07) is 45.8. The average Bonchev–Trinajstić information content (AvgIpc) is 3.76. The highest BCUT2D eigenvalue weighted by atomic mass is 32.1. The lowest BCUT2D eigenvalue weighted by Crippen LogP contribution is -2.26. The van der Waals surface area contributed by atoms with E-state index in [4.69, 9.17) is 5.10 Å². The quantitative estimate of drug-likeness (QED) is 0.169. The monoisotopic (exact) mass is 647 g/mol. The number of benzene rings is 5. The number of amides is 2. The zero-order chi connectivity index (χ0) is 32.9. The first kappa shape index (κ1) is 30.3. The molecule has 5 aromatic carbocycles. The standard InChI is InChI=1S/C38H29N7O2S/c1-26-22-24-27(25-23-26)32-33(28-14-6-2-7-15-28)42-44(30-18-10-4-11-19-30)34(32)35(46)40-41-38-45(31-20-12-5-13-21-31)43-37(48-38)36(47)39-29-16-8-3-9-17-29/h2-25H,1H3,(H,39,47)(H,40,46)/b41-38-. The van der Waals surface area contributed by atoms with E-state index in [1.54, 1.807) is 16.8 Å². The summed E-state index contributed by atoms with van der Waals surface area (Å²) in [6.45, 7) is 2.02. The molecule has 0 atom stereocenters. The van der Waals surface area contributed by atoms with Crippen LogP contribution in [0.2, 0.25) is 0 Å². The molecule has 0 aliphatic rings. The molecule has 10 heteroatoms. The summed E-state index contributed by atoms with van der Waals surface area (Å²) >= 11 is 1.06. The van der Waals surface area contributed by atoms with Gasteiger partial charge in [0.15, 0.2) is 0 Å². The average molecular weight is 648 g/mol. The summed E-state index contributed by atoms with van der Waals surface area (Å²) in [7, 11) is 0. The number of anilines is 1. The van der Waals surface area contributed by atoms with Crippen LogP contribution in [0.4, 0.5) is 5.69 Å². The maximum atomic E-state index is 14.4. The van der Waals surface area contributed by atoms with Gasteiger partial charge in [0, 0.05) is 16.8 Å². The van der Waals surface area contributed by atoms with E-state index < -0.39 is 5.91 Å². The molecule has 234 valence electrons. The molecule has 48 heavy (non-hydrogen) atoms. The van der Waals surface area contributed by atoms with Gasteiger partial charge in [-0.25, -0.2) is 14.8 Å². The first-order valence-electron chi connectivity index (χ1n) is 15.2. The van der Waals surface area contributed by atoms with Crippen molar-refractivity contribution in [1.29, 1.82) is 0 Å². The van der Waals surface area contributed by atoms with E-state index in [-0.39, 0.29) is 10.9 Å². The number of hydrogen-bond donors (Lipinski definition) is 2. The number of aromatic nitrogens is 4. The van der Waals surface area contributed by atoms with E-state index in [1.165, 1.54) is 4.68 Å². The molecular formula is C38H29N7O2S. The van der Waals surface area contributed by atoms with Crippen LogP contribution in [0.25, 0.3) is 33.8 Å². The maximum absolute atomic E-state index is 14.4. The molecule has 0 aliphatic heterocycles. The molecule has 9 nitrogen and oxygen atoms in total. The Morgan fingerprint density at radius 2 is 1.19 bits per heavy atom. The fraction of sp³-hybridized carbons (Fsp3) is 0.0263. The molecule has 0 unspecified atom stereocenters. The second kappa shape index (κ2) is 13.5. The van der Waals surface area contributed by atoms with Gasteiger partial charge in [-0.2, -0.15) is 5.10 Å². The number of para-hydroxylation sites is 3. The van der Waals surface area contributed by atoms with Gasteiger partial charge < -0.3 is 5.32 Å². The summed E-state index contributed by atoms with van der Waals surface area (Å²) in [5.74, 6) is -0.868. The molecule has 7 rings (SSSR count). The van der Waals surface area contributed by atoms with Gasteiger partial charge in [-0.05, 0) is 48.9 Å². The number of carbonyl (C=O) groups is 2. The molecule has 0 fully saturated rings. The summed E-state index contributed by atoms with van der Waals surface area (Å²) in [6.07, 6.45) is 0. The van der Waals surface area contributed by atoms with Crippen LogP contribution < -0.4 is 15.5 Å². The number of hydrogen-bond acceptors (Lipinski definition) is 6. The Kier molecular flexibility index (Phi) is 8.54. The Hall–Kier alpha value is -6.39. The van der Waals surface area contributed by atoms with Crippen LogP contribution in [-0.4, -0.2) is 31.4 Å². The van der Waals surface area contributed by atoms with Gasteiger partial charge in [0.1, 0.15) is 11.4 Å². The second-order valence-electron chi connectivity index (χ2n) is 10.9. The molecule has 2 N–H and O–H groups in total. The van der Waals surface area contributed by atoms with E-state index in [0.29, 0.717) is 33.1 Å². The SMILES string of the molecule is Cc1ccc(-c2c(-c3ccccc3)nn(-c3ccccc3)c2C(=O)N/N=c2\sc(C(=O)Nc3ccccc3)nn2-c2ccccc2)cc1. The third-order valence-corrected chi connectivity index (χ3v) is 8.44. The van der Waals surface area contributed by atoms with Gasteiger partial charge in [0.05, 0.1) is 11.4 Å². The molecule has 2 amide bonds. The Balaban J connectivity index is 1.35. The maximum Gasteiger partial charge on any atom is 0.290 e. The molecule has 0 saturated carbocycles. The van der Waals surface area contributed by atoms with Crippen LogP contribution in [0.3, 0.4) is 0 Å². The number of rotatable bonds is 8. The highest BCUT2D eigenvalue weighted by molar-refractivity contribution is 7.11. The zero-order valence-corrected chi connectivity index (χ0v) is 26.6. The first-order chi connectivity index (χ1) is 23.5. The predicted molar refractivity (Wildman–Crippen MR) is 188 cm³/mol. The zero-order valence-electron chi connectivity index (χ0n) is 25.8. The topological polar surface area (TPSA) is 106 Å². The van der Waals surface area contributed by atoms with Gasteiger partial charge in [0.25, 0.3) is 11.8 Å². The third-order valence-electron chi connectivity index (χ3n) is 7.53. The van der Waals surface area contributed by atoms with E-state index in [2.05, 4.69) is 20.9 Å². The van der Waals surface area contributed by atoms with Crippen LogP contribution in [0, 0.1) is 6.92 Å². The minimum Gasteiger partial charge on any atom is -0.320 e. The number of carbonyl (C=O) groups excluding carboxylic acids is 2. The van der Waals surface area contributed by atoms with Crippen LogP contribution in [0.5, 0.6) is 0 Å². The van der Waals surface area contributed by atoms with Crippen LogP contribution in [-0.2, 0) is 0 Å². The van der Waals surface area contributed by atoms with Crippen LogP contribution >= 0.6 is 11.3 Å². The molecule has 0 radical (unpaired) electrons. The predicted octanol–water partition coefficient (Wildman–Crippen LogP) is 7.26. The molecule has 0 bridgehead atoms. The lowest BCUT2D eigenvalue weighted by atomic mass is 9.97. The summed E-state index contributed by atoms with van der Waals surface area (Å²) in [4.78, 5) is 27.9. The minimum atomic E-state index is -0.479. The Labute approximate surface area is 280 Å². The highest BCUT2D eigenvalue weighted by Crippen LogP contribution is 2.36. The van der Waals surface area contributed by atoms with Crippen molar-refractivity contribution in [1.82, 2.24) is 25.0 Å². The molecule has 2 heterocycles. The van der Waals surface area contributed by atoms with Crippen molar-refractivity contribution in [2.45, 2.75) is 6.92 Å². The van der Waals surface area contributed by atoms with Gasteiger partial charge >= 0.3 is 0 Å². The largest absolute Gasteiger partial charge is 0.320 e. The fourth-order valence-electron chi connectivity index (χ4n) is 5.22. The Bertz CT molecular complexity index is 2260. The summed E-state index contributed by atoms with van der Waals surface area (Å²) in [5.41, 5.74) is 9.25. The first-order valence-corrected chi connectivity index (χ1v) is 16.0. The Morgan fingerprint density at radius 1 is 0.625 bits per heavy atom. The van der Waals surface area contributed by atoms with Crippen molar-refractivity contribution in [2.75, 3.05) is 5.32 Å². The van der Waals surface area contributed by atoms with Crippen molar-refractivity contribution >= 4 is 28.8 Å². The van der Waals surface area contributed by atoms with Crippen LogP contribution in [0.1, 0.15) is 25.9 Å². The van der Waals surface area contributed by atoms with Gasteiger partial charge in [-0.15, -0.1) is 10.2 Å². The fourth-order valence-corrected chi connectivity index (χ4v) is 5.98. The van der Waals surface area contributed by atoms with Crippen molar-refractivity contribution < 1.29 is 9.59 Å². The second-order valence-corrected chi connectivity index (χ2v) is 11.8. The van der Waals surface area contributed by atoms with Crippen molar-refractivity contribution in [2.24, 2.45) is 5.10 Å². The molecule has 7 aromatic rings. The lowest BCUT2D eigenvalue weighted by molar-refractivity contribution is 0.0945. The molecule has 0 saturated heterocycles. The van der Waals surface area contributed by atoms with E-state index in [9.17, 15) is 9.59 Å².